The first-order chi connectivity index (χ1) is 8.25. The Balaban J connectivity index is 1.95. The monoisotopic (exact) mass is 244 g/mol. The van der Waals surface area contributed by atoms with Crippen molar-refractivity contribution in [2.24, 2.45) is 0 Å². The molecule has 17 heavy (non-hydrogen) atoms. The smallest absolute Gasteiger partial charge is 0.261 e. The van der Waals surface area contributed by atoms with E-state index in [0.29, 0.717) is 11.3 Å². The minimum absolute atomic E-state index is 0.104. The van der Waals surface area contributed by atoms with Crippen LogP contribution in [0, 0.1) is 0 Å². The fraction of sp³-hybridized carbons (Fsp3) is 0. The number of carbonyl (C=O) groups is 1. The Morgan fingerprint density at radius 2 is 1.65 bits per heavy atom. The second-order valence-corrected chi connectivity index (χ2v) is 4.35. The summed E-state index contributed by atoms with van der Waals surface area (Å²) >= 11 is 1.28. The van der Waals surface area contributed by atoms with E-state index in [1.165, 1.54) is 11.9 Å². The number of amides is 1. The highest BCUT2D eigenvalue weighted by molar-refractivity contribution is 7.98. The minimum Gasteiger partial charge on any atom is -0.399 e. The molecule has 0 saturated heterocycles. The highest BCUT2D eigenvalue weighted by atomic mass is 32.2. The van der Waals surface area contributed by atoms with Crippen molar-refractivity contribution >= 4 is 23.5 Å². The van der Waals surface area contributed by atoms with Crippen molar-refractivity contribution in [1.29, 1.82) is 0 Å². The molecule has 86 valence electrons. The molecule has 0 aliphatic heterocycles. The third-order valence-corrected chi connectivity index (χ3v) is 2.97. The second kappa shape index (κ2) is 5.41. The molecule has 0 aromatic heterocycles. The van der Waals surface area contributed by atoms with Gasteiger partial charge in [-0.15, -0.1) is 0 Å². The number of nitrogens with one attached hydrogen (secondary N) is 1. The van der Waals surface area contributed by atoms with Crippen LogP contribution in [0.3, 0.4) is 0 Å². The highest BCUT2D eigenvalue weighted by Crippen LogP contribution is 2.16. The van der Waals surface area contributed by atoms with E-state index < -0.39 is 0 Å². The third-order valence-electron chi connectivity index (χ3n) is 2.18. The molecule has 2 rings (SSSR count). The van der Waals surface area contributed by atoms with E-state index in [1.54, 1.807) is 24.3 Å². The Morgan fingerprint density at radius 1 is 1.00 bits per heavy atom. The molecule has 4 heteroatoms. The summed E-state index contributed by atoms with van der Waals surface area (Å²) in [5.74, 6) is -0.104. The van der Waals surface area contributed by atoms with Gasteiger partial charge in [0.05, 0.1) is 0 Å². The average molecular weight is 244 g/mol. The molecule has 0 unspecified atom stereocenters. The van der Waals surface area contributed by atoms with Gasteiger partial charge >= 0.3 is 0 Å². The minimum atomic E-state index is -0.104. The maximum absolute atomic E-state index is 11.7. The molecular formula is C13H12N2OS. The van der Waals surface area contributed by atoms with Gasteiger partial charge in [0, 0.05) is 16.1 Å². The van der Waals surface area contributed by atoms with Gasteiger partial charge in [-0.1, -0.05) is 18.2 Å². The van der Waals surface area contributed by atoms with E-state index in [-0.39, 0.29) is 5.91 Å². The van der Waals surface area contributed by atoms with Crippen molar-refractivity contribution in [3.8, 4) is 0 Å². The lowest BCUT2D eigenvalue weighted by atomic mass is 10.2. The molecule has 0 bridgehead atoms. The predicted molar refractivity (Wildman–Crippen MR) is 70.6 cm³/mol. The molecule has 2 aromatic carbocycles. The summed E-state index contributed by atoms with van der Waals surface area (Å²) in [4.78, 5) is 12.7. The van der Waals surface area contributed by atoms with Crippen LogP contribution in [0.4, 0.5) is 5.69 Å². The number of hydrogen-bond donors (Lipinski definition) is 2. The van der Waals surface area contributed by atoms with Gasteiger partial charge in [-0.3, -0.25) is 9.52 Å². The first-order valence-electron chi connectivity index (χ1n) is 5.13. The van der Waals surface area contributed by atoms with E-state index in [9.17, 15) is 4.79 Å². The van der Waals surface area contributed by atoms with Crippen molar-refractivity contribution < 1.29 is 4.79 Å². The second-order valence-electron chi connectivity index (χ2n) is 3.47. The number of hydrogen-bond acceptors (Lipinski definition) is 3. The van der Waals surface area contributed by atoms with Gasteiger partial charge in [-0.05, 0) is 48.3 Å². The summed E-state index contributed by atoms with van der Waals surface area (Å²) in [5.41, 5.74) is 6.94. The molecular weight excluding hydrogens is 232 g/mol. The zero-order valence-corrected chi connectivity index (χ0v) is 9.91. The number of anilines is 1. The van der Waals surface area contributed by atoms with Gasteiger partial charge in [0.2, 0.25) is 0 Å². The number of nitrogen functional groups attached to an aromatic ring is 1. The number of carbonyl (C=O) groups excluding carboxylic acids is 1. The van der Waals surface area contributed by atoms with Gasteiger partial charge < -0.3 is 5.73 Å². The van der Waals surface area contributed by atoms with E-state index in [4.69, 9.17) is 5.73 Å². The third kappa shape index (κ3) is 3.26. The zero-order chi connectivity index (χ0) is 12.1. The number of nitrogens with two attached hydrogens (primary N) is 1. The van der Waals surface area contributed by atoms with Crippen LogP contribution in [0.25, 0.3) is 0 Å². The van der Waals surface area contributed by atoms with Crippen LogP contribution < -0.4 is 10.5 Å². The van der Waals surface area contributed by atoms with Crippen molar-refractivity contribution in [3.05, 3.63) is 60.2 Å². The molecule has 0 atom stereocenters. The summed E-state index contributed by atoms with van der Waals surface area (Å²) < 4.78 is 2.77. The van der Waals surface area contributed by atoms with E-state index in [1.807, 2.05) is 30.3 Å². The lowest BCUT2D eigenvalue weighted by molar-refractivity contribution is 0.0984. The fourth-order valence-corrected chi connectivity index (χ4v) is 1.89. The van der Waals surface area contributed by atoms with Crippen molar-refractivity contribution in [1.82, 2.24) is 4.72 Å². The molecule has 0 radical (unpaired) electrons. The Bertz CT molecular complexity index is 497. The van der Waals surface area contributed by atoms with Gasteiger partial charge in [0.25, 0.3) is 5.91 Å². The first kappa shape index (κ1) is 11.5. The normalized spacial score (nSPS) is 9.88. The van der Waals surface area contributed by atoms with Gasteiger partial charge in [-0.25, -0.2) is 0 Å². The molecule has 3 N–H and O–H groups in total. The molecule has 3 nitrogen and oxygen atoms in total. The highest BCUT2D eigenvalue weighted by Gasteiger charge is 2.04. The summed E-state index contributed by atoms with van der Waals surface area (Å²) in [6.45, 7) is 0. The van der Waals surface area contributed by atoms with Crippen LogP contribution in [-0.2, 0) is 0 Å². The summed E-state index contributed by atoms with van der Waals surface area (Å²) in [6.07, 6.45) is 0. The number of rotatable bonds is 3. The molecule has 0 fully saturated rings. The first-order valence-corrected chi connectivity index (χ1v) is 5.95. The van der Waals surface area contributed by atoms with Crippen LogP contribution in [-0.4, -0.2) is 5.91 Å². The zero-order valence-electron chi connectivity index (χ0n) is 9.09. The van der Waals surface area contributed by atoms with Crippen LogP contribution in [0.2, 0.25) is 0 Å². The molecule has 2 aromatic rings. The van der Waals surface area contributed by atoms with Gasteiger partial charge in [0.1, 0.15) is 0 Å². The van der Waals surface area contributed by atoms with Crippen molar-refractivity contribution in [3.63, 3.8) is 0 Å². The van der Waals surface area contributed by atoms with E-state index in [0.717, 1.165) is 4.90 Å². The number of benzene rings is 2. The Hall–Kier alpha value is -1.94. The maximum Gasteiger partial charge on any atom is 0.261 e. The van der Waals surface area contributed by atoms with Crippen LogP contribution in [0.1, 0.15) is 10.4 Å². The van der Waals surface area contributed by atoms with Crippen LogP contribution in [0.15, 0.2) is 59.5 Å². The van der Waals surface area contributed by atoms with Gasteiger partial charge in [-0.2, -0.15) is 0 Å². The summed E-state index contributed by atoms with van der Waals surface area (Å²) in [7, 11) is 0. The molecule has 0 aliphatic carbocycles. The summed E-state index contributed by atoms with van der Waals surface area (Å²) in [6, 6.07) is 16.4. The SMILES string of the molecule is Nc1ccc(SNC(=O)c2ccccc2)cc1. The van der Waals surface area contributed by atoms with Crippen LogP contribution in [0.5, 0.6) is 0 Å². The fourth-order valence-electron chi connectivity index (χ4n) is 1.29. The van der Waals surface area contributed by atoms with E-state index in [2.05, 4.69) is 4.72 Å². The quantitative estimate of drug-likeness (QED) is 0.644. The van der Waals surface area contributed by atoms with Crippen molar-refractivity contribution in [2.45, 2.75) is 4.90 Å². The summed E-state index contributed by atoms with van der Waals surface area (Å²) in [5, 5.41) is 0. The Kier molecular flexibility index (Phi) is 3.67. The lowest BCUT2D eigenvalue weighted by Crippen LogP contribution is -2.15. The Morgan fingerprint density at radius 3 is 2.29 bits per heavy atom. The average Bonchev–Trinajstić information content (AvgIpc) is 2.39. The lowest BCUT2D eigenvalue weighted by Gasteiger charge is -2.04. The molecule has 0 saturated carbocycles. The standard InChI is InChI=1S/C13H12N2OS/c14-11-6-8-12(9-7-11)17-15-13(16)10-4-2-1-3-5-10/h1-9H,14H2,(H,15,16). The topological polar surface area (TPSA) is 55.1 Å². The molecule has 0 aliphatic rings. The predicted octanol–water partition coefficient (Wildman–Crippen LogP) is 2.71. The molecule has 1 amide bonds. The molecule has 0 spiro atoms. The molecule has 0 heterocycles. The maximum atomic E-state index is 11.7. The van der Waals surface area contributed by atoms with Crippen molar-refractivity contribution in [2.75, 3.05) is 5.73 Å². The Labute approximate surface area is 104 Å². The van der Waals surface area contributed by atoms with Crippen LogP contribution >= 0.6 is 11.9 Å². The largest absolute Gasteiger partial charge is 0.399 e. The van der Waals surface area contributed by atoms with Gasteiger partial charge in [0.15, 0.2) is 0 Å². The van der Waals surface area contributed by atoms with E-state index >= 15 is 0 Å².